The molecule has 1 saturated heterocycles. The number of phenols is 1. The van der Waals surface area contributed by atoms with Crippen LogP contribution in [0.3, 0.4) is 0 Å². The first kappa shape index (κ1) is 15.2. The molecular formula is C16H23NO2S. The maximum Gasteiger partial charge on any atom is 0.227 e. The van der Waals surface area contributed by atoms with Crippen LogP contribution in [0.4, 0.5) is 5.69 Å². The van der Waals surface area contributed by atoms with E-state index in [4.69, 9.17) is 0 Å². The first-order valence-electron chi connectivity index (χ1n) is 7.29. The first-order valence-corrected chi connectivity index (χ1v) is 8.45. The number of carbonyl (C=O) groups excluding carboxylic acids is 1. The van der Waals surface area contributed by atoms with Gasteiger partial charge in [0, 0.05) is 19.0 Å². The third-order valence-electron chi connectivity index (χ3n) is 3.90. The Morgan fingerprint density at radius 1 is 1.40 bits per heavy atom. The third-order valence-corrected chi connectivity index (χ3v) is 4.95. The number of benzene rings is 1. The van der Waals surface area contributed by atoms with Gasteiger partial charge in [-0.25, -0.2) is 0 Å². The summed E-state index contributed by atoms with van der Waals surface area (Å²) in [6.45, 7) is 4.60. The zero-order chi connectivity index (χ0) is 14.5. The molecule has 0 aromatic heterocycles. The molecule has 0 spiro atoms. The van der Waals surface area contributed by atoms with Crippen LogP contribution in [0.1, 0.15) is 31.7 Å². The summed E-state index contributed by atoms with van der Waals surface area (Å²) in [7, 11) is 0. The molecule has 1 N–H and O–H groups in total. The van der Waals surface area contributed by atoms with E-state index in [1.165, 1.54) is 11.5 Å². The lowest BCUT2D eigenvalue weighted by Gasteiger charge is -2.27. The second-order valence-corrected chi connectivity index (χ2v) is 6.59. The minimum Gasteiger partial charge on any atom is -0.508 e. The molecule has 1 heterocycles. The zero-order valence-electron chi connectivity index (χ0n) is 12.3. The number of hydrogen-bond acceptors (Lipinski definition) is 3. The van der Waals surface area contributed by atoms with Crippen molar-refractivity contribution in [3.63, 3.8) is 0 Å². The lowest BCUT2D eigenvalue weighted by molar-refractivity contribution is -0.119. The van der Waals surface area contributed by atoms with E-state index in [9.17, 15) is 9.90 Å². The standard InChI is InChI=1S/C16H23NO2S/c1-3-17(15-11-14(18)5-4-12(15)2)16(19)10-13-6-8-20-9-7-13/h4-5,11,13,18H,3,6-10H2,1-2H3. The summed E-state index contributed by atoms with van der Waals surface area (Å²) in [5, 5.41) is 9.64. The Bertz CT molecular complexity index is 470. The summed E-state index contributed by atoms with van der Waals surface area (Å²) in [5.74, 6) is 3.27. The van der Waals surface area contributed by atoms with Crippen LogP contribution in [-0.2, 0) is 4.79 Å². The van der Waals surface area contributed by atoms with Gasteiger partial charge in [0.15, 0.2) is 0 Å². The zero-order valence-corrected chi connectivity index (χ0v) is 13.1. The normalized spacial score (nSPS) is 16.1. The van der Waals surface area contributed by atoms with Gasteiger partial charge in [-0.3, -0.25) is 4.79 Å². The van der Waals surface area contributed by atoms with Crippen LogP contribution in [0.2, 0.25) is 0 Å². The molecule has 1 aromatic rings. The van der Waals surface area contributed by atoms with Gasteiger partial charge in [-0.05, 0) is 55.7 Å². The van der Waals surface area contributed by atoms with E-state index in [2.05, 4.69) is 0 Å². The molecule has 0 aliphatic carbocycles. The number of phenolic OH excluding ortho intramolecular Hbond substituents is 1. The molecule has 1 aliphatic heterocycles. The van der Waals surface area contributed by atoms with Gasteiger partial charge < -0.3 is 10.0 Å². The fourth-order valence-corrected chi connectivity index (χ4v) is 3.88. The second-order valence-electron chi connectivity index (χ2n) is 5.37. The highest BCUT2D eigenvalue weighted by Gasteiger charge is 2.22. The van der Waals surface area contributed by atoms with Crippen LogP contribution < -0.4 is 4.90 Å². The number of anilines is 1. The lowest BCUT2D eigenvalue weighted by atomic mass is 9.98. The fourth-order valence-electron chi connectivity index (χ4n) is 2.68. The molecule has 0 bridgehead atoms. The van der Waals surface area contributed by atoms with Crippen molar-refractivity contribution in [3.8, 4) is 5.75 Å². The Kier molecular flexibility index (Phi) is 5.35. The van der Waals surface area contributed by atoms with Crippen LogP contribution >= 0.6 is 11.8 Å². The molecule has 0 saturated carbocycles. The summed E-state index contributed by atoms with van der Waals surface area (Å²) in [5.41, 5.74) is 1.86. The molecule has 3 nitrogen and oxygen atoms in total. The molecule has 1 amide bonds. The minimum atomic E-state index is 0.179. The molecule has 1 fully saturated rings. The summed E-state index contributed by atoms with van der Waals surface area (Å²) in [6, 6.07) is 5.21. The molecule has 20 heavy (non-hydrogen) atoms. The minimum absolute atomic E-state index is 0.179. The summed E-state index contributed by atoms with van der Waals surface area (Å²) in [4.78, 5) is 14.3. The van der Waals surface area contributed by atoms with E-state index in [-0.39, 0.29) is 11.7 Å². The monoisotopic (exact) mass is 293 g/mol. The molecule has 0 atom stereocenters. The maximum absolute atomic E-state index is 12.5. The van der Waals surface area contributed by atoms with Gasteiger partial charge in [-0.15, -0.1) is 0 Å². The van der Waals surface area contributed by atoms with Crippen molar-refractivity contribution in [1.82, 2.24) is 0 Å². The number of thioether (sulfide) groups is 1. The number of rotatable bonds is 4. The van der Waals surface area contributed by atoms with Crippen molar-refractivity contribution in [3.05, 3.63) is 23.8 Å². The predicted molar refractivity (Wildman–Crippen MR) is 85.5 cm³/mol. The molecule has 0 unspecified atom stereocenters. The lowest BCUT2D eigenvalue weighted by Crippen LogP contribution is -2.33. The molecule has 4 heteroatoms. The average molecular weight is 293 g/mol. The van der Waals surface area contributed by atoms with Gasteiger partial charge in [0.25, 0.3) is 0 Å². The fraction of sp³-hybridized carbons (Fsp3) is 0.562. The Labute approximate surface area is 125 Å². The van der Waals surface area contributed by atoms with Crippen LogP contribution in [0, 0.1) is 12.8 Å². The average Bonchev–Trinajstić information content (AvgIpc) is 2.44. The highest BCUT2D eigenvalue weighted by molar-refractivity contribution is 7.99. The molecule has 2 rings (SSSR count). The van der Waals surface area contributed by atoms with E-state index in [0.29, 0.717) is 18.9 Å². The number of aromatic hydroxyl groups is 1. The van der Waals surface area contributed by atoms with Gasteiger partial charge in [0.2, 0.25) is 5.91 Å². The largest absolute Gasteiger partial charge is 0.508 e. The Morgan fingerprint density at radius 3 is 2.75 bits per heavy atom. The van der Waals surface area contributed by atoms with Crippen molar-refractivity contribution in [2.75, 3.05) is 23.0 Å². The number of nitrogens with zero attached hydrogens (tertiary/aromatic N) is 1. The van der Waals surface area contributed by atoms with E-state index in [0.717, 1.165) is 24.1 Å². The van der Waals surface area contributed by atoms with Crippen molar-refractivity contribution < 1.29 is 9.90 Å². The van der Waals surface area contributed by atoms with Crippen LogP contribution in [0.15, 0.2) is 18.2 Å². The van der Waals surface area contributed by atoms with Crippen LogP contribution in [0.25, 0.3) is 0 Å². The predicted octanol–water partition coefficient (Wildman–Crippen LogP) is 3.59. The second kappa shape index (κ2) is 7.02. The van der Waals surface area contributed by atoms with Gasteiger partial charge in [0.1, 0.15) is 5.75 Å². The SMILES string of the molecule is CCN(C(=O)CC1CCSCC1)c1cc(O)ccc1C. The first-order chi connectivity index (χ1) is 9.61. The van der Waals surface area contributed by atoms with E-state index < -0.39 is 0 Å². The summed E-state index contributed by atoms with van der Waals surface area (Å²) >= 11 is 1.98. The Morgan fingerprint density at radius 2 is 2.10 bits per heavy atom. The molecule has 1 aliphatic rings. The molecule has 0 radical (unpaired) electrons. The van der Waals surface area contributed by atoms with E-state index >= 15 is 0 Å². The molecule has 110 valence electrons. The topological polar surface area (TPSA) is 40.5 Å². The van der Waals surface area contributed by atoms with Crippen LogP contribution in [-0.4, -0.2) is 29.1 Å². The van der Waals surface area contributed by atoms with Gasteiger partial charge in [-0.2, -0.15) is 11.8 Å². The smallest absolute Gasteiger partial charge is 0.227 e. The van der Waals surface area contributed by atoms with E-state index in [1.807, 2.05) is 31.7 Å². The number of hydrogen-bond donors (Lipinski definition) is 1. The summed E-state index contributed by atoms with van der Waals surface area (Å²) in [6.07, 6.45) is 2.92. The van der Waals surface area contributed by atoms with Gasteiger partial charge >= 0.3 is 0 Å². The Balaban J connectivity index is 2.10. The van der Waals surface area contributed by atoms with Crippen molar-refractivity contribution in [2.24, 2.45) is 5.92 Å². The van der Waals surface area contributed by atoms with Gasteiger partial charge in [0.05, 0.1) is 5.69 Å². The van der Waals surface area contributed by atoms with E-state index in [1.54, 1.807) is 17.0 Å². The third kappa shape index (κ3) is 3.69. The quantitative estimate of drug-likeness (QED) is 0.922. The van der Waals surface area contributed by atoms with Gasteiger partial charge in [-0.1, -0.05) is 6.07 Å². The molecule has 1 aromatic carbocycles. The number of aryl methyl sites for hydroxylation is 1. The highest BCUT2D eigenvalue weighted by Crippen LogP contribution is 2.29. The maximum atomic E-state index is 12.5. The molecular weight excluding hydrogens is 270 g/mol. The van der Waals surface area contributed by atoms with Crippen molar-refractivity contribution in [2.45, 2.75) is 33.1 Å². The number of amides is 1. The van der Waals surface area contributed by atoms with Crippen molar-refractivity contribution in [1.29, 1.82) is 0 Å². The highest BCUT2D eigenvalue weighted by atomic mass is 32.2. The van der Waals surface area contributed by atoms with Crippen molar-refractivity contribution >= 4 is 23.4 Å². The number of carbonyl (C=O) groups is 1. The van der Waals surface area contributed by atoms with Crippen LogP contribution in [0.5, 0.6) is 5.75 Å². The Hall–Kier alpha value is -1.16. The summed E-state index contributed by atoms with van der Waals surface area (Å²) < 4.78 is 0.